The monoisotopic (exact) mass is 368 g/mol. The third-order valence-electron chi connectivity index (χ3n) is 3.86. The Morgan fingerprint density at radius 3 is 2.21 bits per heavy atom. The third-order valence-corrected chi connectivity index (χ3v) is 5.69. The highest BCUT2D eigenvalue weighted by Crippen LogP contribution is 2.15. The lowest BCUT2D eigenvalue weighted by Crippen LogP contribution is -2.37. The lowest BCUT2D eigenvalue weighted by molar-refractivity contribution is 0.421. The van der Waals surface area contributed by atoms with Gasteiger partial charge in [-0.1, -0.05) is 54.6 Å². The number of nitrogens with zero attached hydrogens (tertiary/aromatic N) is 1. The molecule has 0 saturated carbocycles. The lowest BCUT2D eigenvalue weighted by Gasteiger charge is -2.22. The highest BCUT2D eigenvalue weighted by atomic mass is 35.5. The van der Waals surface area contributed by atoms with Gasteiger partial charge in [0.1, 0.15) is 0 Å². The Hall–Kier alpha value is -1.40. The first-order valence-corrected chi connectivity index (χ1v) is 9.40. The maximum Gasteiger partial charge on any atom is 0.218 e. The van der Waals surface area contributed by atoms with E-state index in [1.165, 1.54) is 4.31 Å². The Labute approximate surface area is 151 Å². The Morgan fingerprint density at radius 2 is 1.58 bits per heavy atom. The van der Waals surface area contributed by atoms with Gasteiger partial charge in [0, 0.05) is 19.6 Å². The van der Waals surface area contributed by atoms with E-state index in [2.05, 4.69) is 0 Å². The number of halogens is 1. The van der Waals surface area contributed by atoms with Crippen molar-refractivity contribution in [2.24, 2.45) is 5.73 Å². The molecule has 6 heteroatoms. The number of sulfonamides is 1. The fourth-order valence-electron chi connectivity index (χ4n) is 2.49. The summed E-state index contributed by atoms with van der Waals surface area (Å²) in [5, 5.41) is 0. The smallest absolute Gasteiger partial charge is 0.218 e. The molecule has 0 fully saturated rings. The first-order chi connectivity index (χ1) is 11.0. The first-order valence-electron chi connectivity index (χ1n) is 7.79. The fraction of sp³-hybridized carbons (Fsp3) is 0.333. The molecule has 0 amide bonds. The van der Waals surface area contributed by atoms with Crippen molar-refractivity contribution in [1.82, 2.24) is 4.31 Å². The average molecular weight is 369 g/mol. The van der Waals surface area contributed by atoms with Gasteiger partial charge in [-0.3, -0.25) is 0 Å². The van der Waals surface area contributed by atoms with Crippen molar-refractivity contribution in [1.29, 1.82) is 0 Å². The zero-order valence-corrected chi connectivity index (χ0v) is 15.5. The number of rotatable bonds is 8. The van der Waals surface area contributed by atoms with Gasteiger partial charge in [-0.05, 0) is 30.0 Å². The molecule has 0 aliphatic rings. The molecule has 0 unspecified atom stereocenters. The van der Waals surface area contributed by atoms with Crippen molar-refractivity contribution in [3.05, 3.63) is 71.3 Å². The largest absolute Gasteiger partial charge is 0.329 e. The summed E-state index contributed by atoms with van der Waals surface area (Å²) in [5.74, 6) is 0.0223. The van der Waals surface area contributed by atoms with Crippen LogP contribution in [-0.4, -0.2) is 32.4 Å². The van der Waals surface area contributed by atoms with Crippen LogP contribution in [0.15, 0.2) is 54.6 Å². The van der Waals surface area contributed by atoms with E-state index in [-0.39, 0.29) is 18.2 Å². The molecule has 0 spiro atoms. The minimum absolute atomic E-state index is 0. The van der Waals surface area contributed by atoms with Crippen LogP contribution in [0.5, 0.6) is 0 Å². The molecule has 2 aromatic carbocycles. The summed E-state index contributed by atoms with van der Waals surface area (Å²) in [6.45, 7) is 3.06. The zero-order chi connectivity index (χ0) is 16.7. The van der Waals surface area contributed by atoms with Crippen LogP contribution < -0.4 is 5.73 Å². The molecule has 2 rings (SSSR count). The number of nitrogens with two attached hydrogens (primary N) is 1. The Morgan fingerprint density at radius 1 is 0.958 bits per heavy atom. The number of hydrogen-bond donors (Lipinski definition) is 1. The van der Waals surface area contributed by atoms with Gasteiger partial charge >= 0.3 is 0 Å². The normalized spacial score (nSPS) is 11.3. The highest BCUT2D eigenvalue weighted by Gasteiger charge is 2.22. The molecule has 24 heavy (non-hydrogen) atoms. The molecular formula is C18H25ClN2O2S. The Bertz CT molecular complexity index is 721. The molecule has 4 nitrogen and oxygen atoms in total. The summed E-state index contributed by atoms with van der Waals surface area (Å²) in [6.07, 6.45) is 0.688. The van der Waals surface area contributed by atoms with Crippen molar-refractivity contribution in [2.75, 3.05) is 19.6 Å². The van der Waals surface area contributed by atoms with Crippen LogP contribution in [0.1, 0.15) is 16.7 Å². The van der Waals surface area contributed by atoms with Crippen molar-refractivity contribution in [3.8, 4) is 0 Å². The van der Waals surface area contributed by atoms with Gasteiger partial charge in [0.05, 0.1) is 5.75 Å². The van der Waals surface area contributed by atoms with E-state index >= 15 is 0 Å². The summed E-state index contributed by atoms with van der Waals surface area (Å²) >= 11 is 0. The summed E-state index contributed by atoms with van der Waals surface area (Å²) in [4.78, 5) is 0. The van der Waals surface area contributed by atoms with E-state index in [1.54, 1.807) is 0 Å². The van der Waals surface area contributed by atoms with Gasteiger partial charge in [0.2, 0.25) is 10.0 Å². The van der Waals surface area contributed by atoms with Crippen molar-refractivity contribution < 1.29 is 8.42 Å². The van der Waals surface area contributed by atoms with E-state index in [1.807, 2.05) is 61.5 Å². The standard InChI is InChI=1S/C18H24N2O2S.ClH/c1-16-7-5-6-10-18(16)15-23(21,22)20(14-12-19)13-11-17-8-3-2-4-9-17;/h2-10H,11-15,19H2,1H3;1H. The molecule has 132 valence electrons. The van der Waals surface area contributed by atoms with E-state index < -0.39 is 10.0 Å². The predicted molar refractivity (Wildman–Crippen MR) is 102 cm³/mol. The summed E-state index contributed by atoms with van der Waals surface area (Å²) in [7, 11) is -3.38. The maximum absolute atomic E-state index is 12.7. The second-order valence-electron chi connectivity index (χ2n) is 5.61. The second-order valence-corrected chi connectivity index (χ2v) is 7.57. The summed E-state index contributed by atoms with van der Waals surface area (Å²) in [6, 6.07) is 17.5. The highest BCUT2D eigenvalue weighted by molar-refractivity contribution is 7.88. The zero-order valence-electron chi connectivity index (χ0n) is 13.9. The van der Waals surface area contributed by atoms with Crippen molar-refractivity contribution in [2.45, 2.75) is 19.1 Å². The molecule has 0 aromatic heterocycles. The number of hydrogen-bond acceptors (Lipinski definition) is 3. The molecule has 2 N–H and O–H groups in total. The Kier molecular flexibility index (Phi) is 8.42. The van der Waals surface area contributed by atoms with Crippen LogP contribution in [-0.2, 0) is 22.2 Å². The molecule has 0 atom stereocenters. The van der Waals surface area contributed by atoms with Crippen LogP contribution in [0, 0.1) is 6.92 Å². The lowest BCUT2D eigenvalue weighted by atomic mass is 10.1. The van der Waals surface area contributed by atoms with E-state index in [4.69, 9.17) is 5.73 Å². The second kappa shape index (κ2) is 9.79. The van der Waals surface area contributed by atoms with Gasteiger partial charge in [0.15, 0.2) is 0 Å². The molecule has 0 aliphatic carbocycles. The molecule has 0 heterocycles. The van der Waals surface area contributed by atoms with Gasteiger partial charge in [0.25, 0.3) is 0 Å². The minimum Gasteiger partial charge on any atom is -0.329 e. The quantitative estimate of drug-likeness (QED) is 0.779. The fourth-order valence-corrected chi connectivity index (χ4v) is 4.14. The molecule has 0 radical (unpaired) electrons. The minimum atomic E-state index is -3.38. The number of benzene rings is 2. The summed E-state index contributed by atoms with van der Waals surface area (Å²) < 4.78 is 27.0. The van der Waals surface area contributed by atoms with Crippen LogP contribution in [0.4, 0.5) is 0 Å². The van der Waals surface area contributed by atoms with Crippen molar-refractivity contribution in [3.63, 3.8) is 0 Å². The van der Waals surface area contributed by atoms with Gasteiger partial charge in [-0.15, -0.1) is 12.4 Å². The van der Waals surface area contributed by atoms with Gasteiger partial charge < -0.3 is 5.73 Å². The van der Waals surface area contributed by atoms with Crippen LogP contribution in [0.25, 0.3) is 0 Å². The first kappa shape index (κ1) is 20.6. The van der Waals surface area contributed by atoms with Crippen LogP contribution >= 0.6 is 12.4 Å². The molecular weight excluding hydrogens is 344 g/mol. The molecule has 0 bridgehead atoms. The third kappa shape index (κ3) is 5.91. The van der Waals surface area contributed by atoms with Gasteiger partial charge in [-0.2, -0.15) is 0 Å². The average Bonchev–Trinajstić information content (AvgIpc) is 2.54. The predicted octanol–water partition coefficient (Wildman–Crippen LogP) is 2.75. The SMILES string of the molecule is Cc1ccccc1CS(=O)(=O)N(CCN)CCc1ccccc1.Cl. The topological polar surface area (TPSA) is 63.4 Å². The summed E-state index contributed by atoms with van der Waals surface area (Å²) in [5.41, 5.74) is 8.57. The van der Waals surface area contributed by atoms with Crippen LogP contribution in [0.2, 0.25) is 0 Å². The molecule has 2 aromatic rings. The van der Waals surface area contributed by atoms with Gasteiger partial charge in [-0.25, -0.2) is 12.7 Å². The molecule has 0 aliphatic heterocycles. The van der Waals surface area contributed by atoms with E-state index in [9.17, 15) is 8.42 Å². The molecule has 0 saturated heterocycles. The van der Waals surface area contributed by atoms with E-state index in [0.29, 0.717) is 26.1 Å². The number of aryl methyl sites for hydroxylation is 1. The van der Waals surface area contributed by atoms with Crippen LogP contribution in [0.3, 0.4) is 0 Å². The Balaban J connectivity index is 0.00000288. The van der Waals surface area contributed by atoms with E-state index in [0.717, 1.165) is 16.7 Å². The van der Waals surface area contributed by atoms with Crippen molar-refractivity contribution >= 4 is 22.4 Å². The maximum atomic E-state index is 12.7.